The van der Waals surface area contributed by atoms with E-state index in [2.05, 4.69) is 208 Å². The van der Waals surface area contributed by atoms with Gasteiger partial charge in [-0.1, -0.05) is 133 Å². The van der Waals surface area contributed by atoms with Crippen LogP contribution in [0.4, 0.5) is 0 Å². The van der Waals surface area contributed by atoms with Crippen molar-refractivity contribution in [2.24, 2.45) is 0 Å². The van der Waals surface area contributed by atoms with Gasteiger partial charge in [0.25, 0.3) is 0 Å². The first-order chi connectivity index (χ1) is 29.8. The summed E-state index contributed by atoms with van der Waals surface area (Å²) in [6.45, 7) is 0. The highest BCUT2D eigenvalue weighted by atomic mass is 15.0. The average molecular weight is 763 g/mol. The van der Waals surface area contributed by atoms with Crippen LogP contribution in [0.1, 0.15) is 0 Å². The Balaban J connectivity index is 1.15. The minimum Gasteiger partial charge on any atom is -0.309 e. The fourth-order valence-corrected chi connectivity index (χ4v) is 10.1. The molecule has 0 spiro atoms. The molecule has 60 heavy (non-hydrogen) atoms. The molecule has 13 rings (SSSR count). The van der Waals surface area contributed by atoms with Crippen molar-refractivity contribution in [2.45, 2.75) is 0 Å². The Morgan fingerprint density at radius 2 is 0.850 bits per heavy atom. The topological polar surface area (TPSA) is 35.6 Å². The Morgan fingerprint density at radius 3 is 1.50 bits per heavy atom. The Morgan fingerprint density at radius 1 is 0.333 bits per heavy atom. The van der Waals surface area contributed by atoms with E-state index in [9.17, 15) is 0 Å². The van der Waals surface area contributed by atoms with Crippen molar-refractivity contribution in [3.63, 3.8) is 0 Å². The molecule has 0 atom stereocenters. The van der Waals surface area contributed by atoms with Crippen molar-refractivity contribution < 1.29 is 0 Å². The van der Waals surface area contributed by atoms with Crippen molar-refractivity contribution in [3.8, 4) is 33.6 Å². The van der Waals surface area contributed by atoms with Crippen molar-refractivity contribution in [3.05, 3.63) is 207 Å². The zero-order chi connectivity index (χ0) is 39.3. The molecule has 4 aromatic heterocycles. The number of para-hydroxylation sites is 2. The van der Waals surface area contributed by atoms with Crippen LogP contribution < -0.4 is 0 Å². The molecule has 0 aliphatic rings. The Kier molecular flexibility index (Phi) is 6.98. The maximum Gasteiger partial charge on any atom is 0.0788 e. The van der Waals surface area contributed by atoms with E-state index in [0.29, 0.717) is 0 Å². The van der Waals surface area contributed by atoms with Crippen LogP contribution >= 0.6 is 0 Å². The van der Waals surface area contributed by atoms with E-state index in [0.717, 1.165) is 60.8 Å². The van der Waals surface area contributed by atoms with Crippen LogP contribution in [0.5, 0.6) is 0 Å². The monoisotopic (exact) mass is 762 g/mol. The lowest BCUT2D eigenvalue weighted by Crippen LogP contribution is -1.99. The molecule has 0 N–H and O–H groups in total. The third kappa shape index (κ3) is 4.67. The van der Waals surface area contributed by atoms with Gasteiger partial charge >= 0.3 is 0 Å². The van der Waals surface area contributed by atoms with Crippen LogP contribution in [0.2, 0.25) is 0 Å². The molecule has 0 saturated heterocycles. The normalized spacial score (nSPS) is 12.0. The van der Waals surface area contributed by atoms with E-state index in [-0.39, 0.29) is 0 Å². The predicted molar refractivity (Wildman–Crippen MR) is 252 cm³/mol. The van der Waals surface area contributed by atoms with Crippen LogP contribution in [0.3, 0.4) is 0 Å². The summed E-state index contributed by atoms with van der Waals surface area (Å²) in [7, 11) is 0. The van der Waals surface area contributed by atoms with Crippen LogP contribution in [-0.2, 0) is 0 Å². The van der Waals surface area contributed by atoms with E-state index in [1.165, 1.54) is 59.7 Å². The first-order valence-corrected chi connectivity index (χ1v) is 20.5. The van der Waals surface area contributed by atoms with Gasteiger partial charge in [-0.3, -0.25) is 9.97 Å². The van der Waals surface area contributed by atoms with Gasteiger partial charge < -0.3 is 9.13 Å². The lowest BCUT2D eigenvalue weighted by atomic mass is 9.86. The van der Waals surface area contributed by atoms with E-state index in [1.54, 1.807) is 0 Å². The third-order valence-corrected chi connectivity index (χ3v) is 12.6. The lowest BCUT2D eigenvalue weighted by molar-refractivity contribution is 1.16. The molecule has 0 radical (unpaired) electrons. The average Bonchev–Trinajstić information content (AvgIpc) is 3.85. The summed E-state index contributed by atoms with van der Waals surface area (Å²) in [5, 5.41) is 13.3. The zero-order valence-electron chi connectivity index (χ0n) is 32.4. The molecule has 4 heteroatoms. The summed E-state index contributed by atoms with van der Waals surface area (Å²) in [4.78, 5) is 9.92. The van der Waals surface area contributed by atoms with E-state index >= 15 is 0 Å². The SMILES string of the molecule is c1ccc(-c2c(-c3ccncc3)c3cc(-n4c5ccccc5c5c6ccccc6ccc54)cnc3c3ccc(-n4c5ccccc5c5c6ccccc6ccc54)cc23)cc1. The molecule has 9 aromatic carbocycles. The highest BCUT2D eigenvalue weighted by molar-refractivity contribution is 6.24. The van der Waals surface area contributed by atoms with Crippen molar-refractivity contribution in [2.75, 3.05) is 0 Å². The van der Waals surface area contributed by atoms with E-state index in [1.807, 2.05) is 12.4 Å². The van der Waals surface area contributed by atoms with E-state index < -0.39 is 0 Å². The maximum atomic E-state index is 5.45. The minimum atomic E-state index is 0.964. The van der Waals surface area contributed by atoms with Gasteiger partial charge in [-0.25, -0.2) is 0 Å². The molecule has 4 nitrogen and oxygen atoms in total. The van der Waals surface area contributed by atoms with Crippen LogP contribution in [0.25, 0.3) is 120 Å². The Labute approximate surface area is 344 Å². The molecule has 0 bridgehead atoms. The summed E-state index contributed by atoms with van der Waals surface area (Å²) in [5.41, 5.74) is 12.3. The molecule has 0 fully saturated rings. The van der Waals surface area contributed by atoms with Gasteiger partial charge in [-0.05, 0) is 104 Å². The standard InChI is InChI=1S/C56H34N4/c1-2-14-37(15-3-1)52-46-32-39(59-48-20-10-8-18-44(48)54-41-16-6-4-12-35(41)22-26-50(54)59)24-25-43(46)56-47(53(52)38-28-30-57-31-29-38)33-40(34-58-56)60-49-21-11-9-19-45(49)55-42-17-7-5-13-36(42)23-27-51(55)60/h1-34H. The Hall–Kier alpha value is -8.08. The third-order valence-electron chi connectivity index (χ3n) is 12.6. The number of nitrogens with zero attached hydrogens (tertiary/aromatic N) is 4. The summed E-state index contributed by atoms with van der Waals surface area (Å²) < 4.78 is 4.82. The first kappa shape index (κ1) is 32.9. The quantitative estimate of drug-likeness (QED) is 0.167. The van der Waals surface area contributed by atoms with Gasteiger partial charge in [0.1, 0.15) is 0 Å². The smallest absolute Gasteiger partial charge is 0.0788 e. The molecular weight excluding hydrogens is 729 g/mol. The molecule has 4 heterocycles. The summed E-state index contributed by atoms with van der Waals surface area (Å²) in [5.74, 6) is 0. The van der Waals surface area contributed by atoms with Crippen molar-refractivity contribution in [1.82, 2.24) is 19.1 Å². The fourth-order valence-electron chi connectivity index (χ4n) is 10.1. The molecule has 13 aromatic rings. The van der Waals surface area contributed by atoms with Crippen molar-refractivity contribution in [1.29, 1.82) is 0 Å². The first-order valence-electron chi connectivity index (χ1n) is 20.5. The van der Waals surface area contributed by atoms with Gasteiger partial charge in [0.05, 0.1) is 39.5 Å². The van der Waals surface area contributed by atoms with Gasteiger partial charge in [0, 0.05) is 50.4 Å². The number of pyridine rings is 2. The predicted octanol–water partition coefficient (Wildman–Crippen LogP) is 14.6. The zero-order valence-corrected chi connectivity index (χ0v) is 32.4. The number of rotatable bonds is 4. The highest BCUT2D eigenvalue weighted by Crippen LogP contribution is 2.47. The molecule has 0 aliphatic carbocycles. The Bertz CT molecular complexity index is 3620. The second kappa shape index (κ2) is 12.7. The molecule has 0 amide bonds. The summed E-state index contributed by atoms with van der Waals surface area (Å²) in [6, 6.07) is 68.4. The second-order valence-corrected chi connectivity index (χ2v) is 15.7. The molecule has 0 unspecified atom stereocenters. The molecule has 0 saturated carbocycles. The number of aromatic nitrogens is 4. The minimum absolute atomic E-state index is 0.964. The van der Waals surface area contributed by atoms with Crippen LogP contribution in [0, 0.1) is 0 Å². The van der Waals surface area contributed by atoms with Crippen LogP contribution in [0.15, 0.2) is 207 Å². The largest absolute Gasteiger partial charge is 0.309 e. The van der Waals surface area contributed by atoms with Crippen molar-refractivity contribution >= 4 is 86.8 Å². The maximum absolute atomic E-state index is 5.45. The number of benzene rings is 9. The molecule has 0 aliphatic heterocycles. The van der Waals surface area contributed by atoms with Gasteiger partial charge in [0.2, 0.25) is 0 Å². The molecule has 278 valence electrons. The van der Waals surface area contributed by atoms with E-state index in [4.69, 9.17) is 4.98 Å². The van der Waals surface area contributed by atoms with Gasteiger partial charge in [0.15, 0.2) is 0 Å². The summed E-state index contributed by atoms with van der Waals surface area (Å²) in [6.07, 6.45) is 5.86. The van der Waals surface area contributed by atoms with Crippen LogP contribution in [-0.4, -0.2) is 19.1 Å². The molecular formula is C56H34N4. The lowest BCUT2D eigenvalue weighted by Gasteiger charge is -2.20. The highest BCUT2D eigenvalue weighted by Gasteiger charge is 2.23. The second-order valence-electron chi connectivity index (χ2n) is 15.7. The number of fused-ring (bicyclic) bond motifs is 13. The fraction of sp³-hybridized carbons (Fsp3) is 0. The summed E-state index contributed by atoms with van der Waals surface area (Å²) >= 11 is 0. The van der Waals surface area contributed by atoms with Gasteiger partial charge in [-0.2, -0.15) is 0 Å². The number of hydrogen-bond donors (Lipinski definition) is 0. The van der Waals surface area contributed by atoms with Gasteiger partial charge in [-0.15, -0.1) is 0 Å². The number of hydrogen-bond acceptors (Lipinski definition) is 2.